The van der Waals surface area contributed by atoms with Gasteiger partial charge in [0.05, 0.1) is 10.6 Å². The summed E-state index contributed by atoms with van der Waals surface area (Å²) in [5.74, 6) is -0.141. The van der Waals surface area contributed by atoms with E-state index >= 15 is 0 Å². The van der Waals surface area contributed by atoms with Crippen LogP contribution >= 0.6 is 11.3 Å². The lowest BCUT2D eigenvalue weighted by atomic mass is 9.96. The third-order valence-electron chi connectivity index (χ3n) is 6.01. The summed E-state index contributed by atoms with van der Waals surface area (Å²) >= 11 is 1.50. The fourth-order valence-corrected chi connectivity index (χ4v) is 5.00. The number of nitrogens with zero attached hydrogens (tertiary/aromatic N) is 3. The molecule has 4 rings (SSSR count). The Morgan fingerprint density at radius 2 is 1.48 bits per heavy atom. The predicted molar refractivity (Wildman–Crippen MR) is 134 cm³/mol. The van der Waals surface area contributed by atoms with Crippen LogP contribution < -0.4 is 5.32 Å². The molecule has 33 heavy (non-hydrogen) atoms. The van der Waals surface area contributed by atoms with E-state index in [0.29, 0.717) is 31.1 Å². The number of rotatable bonds is 4. The van der Waals surface area contributed by atoms with Crippen LogP contribution in [0.4, 0.5) is 9.93 Å². The van der Waals surface area contributed by atoms with E-state index in [1.165, 1.54) is 22.5 Å². The van der Waals surface area contributed by atoms with Gasteiger partial charge in [-0.1, -0.05) is 71.0 Å². The van der Waals surface area contributed by atoms with Gasteiger partial charge in [0.15, 0.2) is 5.13 Å². The van der Waals surface area contributed by atoms with E-state index in [0.717, 1.165) is 21.7 Å². The average molecular weight is 463 g/mol. The van der Waals surface area contributed by atoms with Crippen molar-refractivity contribution in [3.63, 3.8) is 0 Å². The van der Waals surface area contributed by atoms with Crippen LogP contribution in [0.1, 0.15) is 24.0 Å². The smallest absolute Gasteiger partial charge is 0.319 e. The zero-order chi connectivity index (χ0) is 23.5. The maximum atomic E-state index is 13.0. The van der Waals surface area contributed by atoms with Gasteiger partial charge in [-0.2, -0.15) is 0 Å². The molecule has 172 valence electrons. The predicted octanol–water partition coefficient (Wildman–Crippen LogP) is 5.43. The van der Waals surface area contributed by atoms with E-state index in [2.05, 4.69) is 67.7 Å². The highest BCUT2D eigenvalue weighted by Gasteiger charge is 2.29. The molecule has 1 N–H and O–H groups in total. The van der Waals surface area contributed by atoms with E-state index in [1.54, 1.807) is 23.9 Å². The van der Waals surface area contributed by atoms with E-state index in [9.17, 15) is 9.59 Å². The first kappa shape index (κ1) is 23.0. The van der Waals surface area contributed by atoms with Crippen LogP contribution in [0.2, 0.25) is 0 Å². The number of aryl methyl sites for hydroxylation is 2. The highest BCUT2D eigenvalue weighted by Crippen LogP contribution is 2.39. The molecule has 3 aromatic rings. The molecule has 0 bridgehead atoms. The topological polar surface area (TPSA) is 65.5 Å². The first-order valence-corrected chi connectivity index (χ1v) is 12.1. The number of piperidine rings is 1. The van der Waals surface area contributed by atoms with Gasteiger partial charge >= 0.3 is 6.03 Å². The van der Waals surface area contributed by atoms with Crippen LogP contribution in [0, 0.1) is 19.8 Å². The van der Waals surface area contributed by atoms with Crippen LogP contribution in [0.15, 0.2) is 48.5 Å². The van der Waals surface area contributed by atoms with Gasteiger partial charge in [0.25, 0.3) is 0 Å². The molecule has 6 nitrogen and oxygen atoms in total. The SMILES string of the molecule is Cc1ccc(-c2nc(NC(=O)C3CCN(C(=O)N(C)C)CC3)sc2-c2ccc(C)cc2)cc1. The summed E-state index contributed by atoms with van der Waals surface area (Å²) in [5.41, 5.74) is 5.39. The van der Waals surface area contributed by atoms with Crippen molar-refractivity contribution in [2.24, 2.45) is 5.92 Å². The molecular formula is C26H30N4O2S. The molecule has 1 aliphatic rings. The van der Waals surface area contributed by atoms with Crippen molar-refractivity contribution in [1.82, 2.24) is 14.8 Å². The molecule has 0 aliphatic carbocycles. The van der Waals surface area contributed by atoms with Crippen molar-refractivity contribution < 1.29 is 9.59 Å². The molecule has 1 aliphatic heterocycles. The summed E-state index contributed by atoms with van der Waals surface area (Å²) in [7, 11) is 3.50. The number of anilines is 1. The lowest BCUT2D eigenvalue weighted by Gasteiger charge is -2.32. The van der Waals surface area contributed by atoms with Gasteiger partial charge in [-0.3, -0.25) is 4.79 Å². The monoisotopic (exact) mass is 462 g/mol. The van der Waals surface area contributed by atoms with Crippen molar-refractivity contribution >= 4 is 28.4 Å². The van der Waals surface area contributed by atoms with Gasteiger partial charge in [-0.05, 0) is 32.3 Å². The minimum absolute atomic E-state index is 0.000684. The van der Waals surface area contributed by atoms with E-state index in [4.69, 9.17) is 4.98 Å². The summed E-state index contributed by atoms with van der Waals surface area (Å²) < 4.78 is 0. The van der Waals surface area contributed by atoms with Crippen LogP contribution in [0.5, 0.6) is 0 Å². The van der Waals surface area contributed by atoms with Gasteiger partial charge < -0.3 is 15.1 Å². The van der Waals surface area contributed by atoms with Gasteiger partial charge in [-0.15, -0.1) is 0 Å². The summed E-state index contributed by atoms with van der Waals surface area (Å²) in [6.07, 6.45) is 1.32. The first-order chi connectivity index (χ1) is 15.8. The van der Waals surface area contributed by atoms with E-state index < -0.39 is 0 Å². The Labute approximate surface area is 199 Å². The Hall–Kier alpha value is -3.19. The molecule has 0 spiro atoms. The molecule has 1 saturated heterocycles. The number of nitrogens with one attached hydrogen (secondary N) is 1. The van der Waals surface area contributed by atoms with Gasteiger partial charge in [-0.25, -0.2) is 9.78 Å². The molecule has 2 heterocycles. The number of carbonyl (C=O) groups is 2. The Morgan fingerprint density at radius 1 is 0.939 bits per heavy atom. The van der Waals surface area contributed by atoms with Crippen molar-refractivity contribution in [1.29, 1.82) is 0 Å². The molecule has 0 unspecified atom stereocenters. The van der Waals surface area contributed by atoms with Crippen molar-refractivity contribution in [3.8, 4) is 21.7 Å². The van der Waals surface area contributed by atoms with Gasteiger partial charge in [0, 0.05) is 38.7 Å². The maximum absolute atomic E-state index is 13.0. The fourth-order valence-electron chi connectivity index (χ4n) is 4.00. The van der Waals surface area contributed by atoms with Gasteiger partial charge in [0.1, 0.15) is 0 Å². The minimum Gasteiger partial charge on any atom is -0.331 e. The lowest BCUT2D eigenvalue weighted by Crippen LogP contribution is -2.45. The quantitative estimate of drug-likeness (QED) is 0.563. The Bertz CT molecular complexity index is 1070. The standard InChI is InChI=1S/C26H30N4O2S/c1-17-5-9-19(10-6-17)22-23(20-11-7-18(2)8-12-20)33-25(27-22)28-24(31)21-13-15-30(16-14-21)26(32)29(3)4/h5-12,21H,13-16H2,1-4H3,(H,27,28,31). The average Bonchev–Trinajstić information content (AvgIpc) is 3.23. The first-order valence-electron chi connectivity index (χ1n) is 11.2. The summed E-state index contributed by atoms with van der Waals surface area (Å²) in [6, 6.07) is 16.7. The van der Waals surface area contributed by atoms with E-state index in [1.807, 2.05) is 0 Å². The van der Waals surface area contributed by atoms with Crippen molar-refractivity contribution in [2.45, 2.75) is 26.7 Å². The van der Waals surface area contributed by atoms with Gasteiger partial charge in [0.2, 0.25) is 5.91 Å². The van der Waals surface area contributed by atoms with Crippen LogP contribution in [0.3, 0.4) is 0 Å². The maximum Gasteiger partial charge on any atom is 0.319 e. The second-order valence-electron chi connectivity index (χ2n) is 8.86. The number of aromatic nitrogens is 1. The fraction of sp³-hybridized carbons (Fsp3) is 0.346. The number of hydrogen-bond acceptors (Lipinski definition) is 4. The zero-order valence-corrected chi connectivity index (χ0v) is 20.4. The number of likely N-dealkylation sites (tertiary alicyclic amines) is 1. The molecule has 7 heteroatoms. The summed E-state index contributed by atoms with van der Waals surface area (Å²) in [6.45, 7) is 5.32. The zero-order valence-electron chi connectivity index (χ0n) is 19.6. The minimum atomic E-state index is -0.120. The number of hydrogen-bond donors (Lipinski definition) is 1. The Balaban J connectivity index is 1.54. The molecule has 1 fully saturated rings. The second-order valence-corrected chi connectivity index (χ2v) is 9.86. The lowest BCUT2D eigenvalue weighted by molar-refractivity contribution is -0.121. The van der Waals surface area contributed by atoms with Crippen LogP contribution in [-0.4, -0.2) is 53.9 Å². The number of thiazole rings is 1. The Kier molecular flexibility index (Phi) is 6.79. The highest BCUT2D eigenvalue weighted by atomic mass is 32.1. The number of amides is 3. The molecule has 1 aromatic heterocycles. The van der Waals surface area contributed by atoms with Crippen LogP contribution in [0.25, 0.3) is 21.7 Å². The molecule has 2 aromatic carbocycles. The molecular weight excluding hydrogens is 432 g/mol. The number of carbonyl (C=O) groups excluding carboxylic acids is 2. The second kappa shape index (κ2) is 9.75. The molecule has 3 amide bonds. The number of urea groups is 1. The van der Waals surface area contributed by atoms with Crippen molar-refractivity contribution in [2.75, 3.05) is 32.5 Å². The molecule has 0 saturated carbocycles. The number of benzene rings is 2. The van der Waals surface area contributed by atoms with Crippen molar-refractivity contribution in [3.05, 3.63) is 59.7 Å². The molecule has 0 radical (unpaired) electrons. The van der Waals surface area contributed by atoms with E-state index in [-0.39, 0.29) is 17.9 Å². The highest BCUT2D eigenvalue weighted by molar-refractivity contribution is 7.19. The third-order valence-corrected chi connectivity index (χ3v) is 7.03. The normalized spacial score (nSPS) is 14.2. The Morgan fingerprint density at radius 3 is 2.03 bits per heavy atom. The largest absolute Gasteiger partial charge is 0.331 e. The summed E-state index contributed by atoms with van der Waals surface area (Å²) in [4.78, 5) is 34.4. The molecule has 0 atom stereocenters. The third kappa shape index (κ3) is 5.25. The van der Waals surface area contributed by atoms with Crippen LogP contribution in [-0.2, 0) is 4.79 Å². The summed E-state index contributed by atoms with van der Waals surface area (Å²) in [5, 5.41) is 3.67.